The second kappa shape index (κ2) is 6.46. The van der Waals surface area contributed by atoms with Crippen molar-refractivity contribution >= 4 is 11.8 Å². The van der Waals surface area contributed by atoms with Crippen LogP contribution in [0, 0.1) is 0 Å². The van der Waals surface area contributed by atoms with E-state index in [-0.39, 0.29) is 17.9 Å². The zero-order valence-electron chi connectivity index (χ0n) is 12.1. The van der Waals surface area contributed by atoms with Crippen molar-refractivity contribution in [3.8, 4) is 0 Å². The summed E-state index contributed by atoms with van der Waals surface area (Å²) in [4.78, 5) is 26.1. The Hall–Kier alpha value is -2.57. The number of H-pyrrole nitrogens is 1. The number of aromatic nitrogens is 2. The van der Waals surface area contributed by atoms with Crippen LogP contribution in [-0.4, -0.2) is 46.0 Å². The molecule has 0 spiro atoms. The number of aromatic amines is 1. The van der Waals surface area contributed by atoms with Crippen molar-refractivity contribution in [2.75, 3.05) is 13.1 Å². The Balaban J connectivity index is 1.51. The smallest absolute Gasteiger partial charge is 0.257 e. The monoisotopic (exact) mass is 302 g/mol. The summed E-state index contributed by atoms with van der Waals surface area (Å²) in [5, 5.41) is 9.33. The van der Waals surface area contributed by atoms with Crippen molar-refractivity contribution in [1.29, 1.82) is 0 Å². The minimum absolute atomic E-state index is 0.00240. The second-order valence-electron chi connectivity index (χ2n) is 5.34. The first-order valence-electron chi connectivity index (χ1n) is 7.36. The molecule has 1 aliphatic rings. The molecule has 3 heterocycles. The summed E-state index contributed by atoms with van der Waals surface area (Å²) in [5.41, 5.74) is 1.09. The maximum atomic E-state index is 12.4. The highest BCUT2D eigenvalue weighted by molar-refractivity contribution is 5.94. The van der Waals surface area contributed by atoms with Gasteiger partial charge in [-0.25, -0.2) is 0 Å². The van der Waals surface area contributed by atoms with Crippen molar-refractivity contribution in [3.05, 3.63) is 42.1 Å². The molecular weight excluding hydrogens is 284 g/mol. The topological polar surface area (TPSA) is 91.2 Å². The molecule has 0 unspecified atom stereocenters. The predicted octanol–water partition coefficient (Wildman–Crippen LogP) is 1.43. The van der Waals surface area contributed by atoms with Crippen LogP contribution in [0.4, 0.5) is 0 Å². The average Bonchev–Trinajstić information content (AvgIpc) is 3.27. The summed E-state index contributed by atoms with van der Waals surface area (Å²) in [6.07, 6.45) is 8.73. The number of rotatable bonds is 5. The van der Waals surface area contributed by atoms with Crippen LogP contribution in [-0.2, 0) is 0 Å². The number of likely N-dealkylation sites (tertiary alicyclic amines) is 1. The maximum absolute atomic E-state index is 12.4. The molecule has 116 valence electrons. The molecule has 1 atom stereocenters. The minimum atomic E-state index is -0.153. The zero-order valence-corrected chi connectivity index (χ0v) is 12.1. The summed E-state index contributed by atoms with van der Waals surface area (Å²) in [5.74, 6) is -0.156. The molecule has 0 aliphatic carbocycles. The maximum Gasteiger partial charge on any atom is 0.257 e. The van der Waals surface area contributed by atoms with E-state index in [0.29, 0.717) is 17.7 Å². The van der Waals surface area contributed by atoms with Crippen LogP contribution >= 0.6 is 0 Å². The fourth-order valence-corrected chi connectivity index (χ4v) is 2.78. The lowest BCUT2D eigenvalue weighted by Gasteiger charge is -2.24. The zero-order chi connectivity index (χ0) is 15.4. The Morgan fingerprint density at radius 3 is 3.09 bits per heavy atom. The lowest BCUT2D eigenvalue weighted by atomic mass is 10.1. The van der Waals surface area contributed by atoms with Gasteiger partial charge in [0.05, 0.1) is 23.6 Å². The summed E-state index contributed by atoms with van der Waals surface area (Å²) < 4.78 is 4.88. The van der Waals surface area contributed by atoms with Gasteiger partial charge in [-0.15, -0.1) is 0 Å². The summed E-state index contributed by atoms with van der Waals surface area (Å²) >= 11 is 0. The van der Waals surface area contributed by atoms with Gasteiger partial charge >= 0.3 is 0 Å². The Bertz CT molecular complexity index is 621. The molecule has 0 radical (unpaired) electrons. The molecule has 7 heteroatoms. The van der Waals surface area contributed by atoms with E-state index in [4.69, 9.17) is 4.42 Å². The van der Waals surface area contributed by atoms with Gasteiger partial charge in [0.25, 0.3) is 11.8 Å². The predicted molar refractivity (Wildman–Crippen MR) is 78.3 cm³/mol. The summed E-state index contributed by atoms with van der Waals surface area (Å²) in [7, 11) is 0. The van der Waals surface area contributed by atoms with Gasteiger partial charge in [0.15, 0.2) is 0 Å². The molecule has 1 fully saturated rings. The number of nitrogens with zero attached hydrogens (tertiary/aromatic N) is 2. The Labute approximate surface area is 127 Å². The van der Waals surface area contributed by atoms with E-state index >= 15 is 0 Å². The van der Waals surface area contributed by atoms with Gasteiger partial charge in [0, 0.05) is 25.3 Å². The van der Waals surface area contributed by atoms with Gasteiger partial charge in [0.2, 0.25) is 0 Å². The molecule has 22 heavy (non-hydrogen) atoms. The van der Waals surface area contributed by atoms with E-state index < -0.39 is 0 Å². The van der Waals surface area contributed by atoms with Gasteiger partial charge in [0.1, 0.15) is 6.26 Å². The van der Waals surface area contributed by atoms with Crippen molar-refractivity contribution in [1.82, 2.24) is 20.4 Å². The Kier molecular flexibility index (Phi) is 4.22. The molecule has 7 nitrogen and oxygen atoms in total. The van der Waals surface area contributed by atoms with Crippen molar-refractivity contribution in [2.24, 2.45) is 0 Å². The SMILES string of the molecule is O=C(NCC[C@H]1CCCN1C(=O)c1cn[nH]c1)c1ccoc1. The van der Waals surface area contributed by atoms with Gasteiger partial charge in [-0.1, -0.05) is 0 Å². The Morgan fingerprint density at radius 1 is 1.45 bits per heavy atom. The van der Waals surface area contributed by atoms with E-state index in [2.05, 4.69) is 15.5 Å². The highest BCUT2D eigenvalue weighted by Gasteiger charge is 2.29. The lowest BCUT2D eigenvalue weighted by molar-refractivity contribution is 0.0730. The van der Waals surface area contributed by atoms with Crippen molar-refractivity contribution in [3.63, 3.8) is 0 Å². The van der Waals surface area contributed by atoms with E-state index in [1.807, 2.05) is 4.90 Å². The van der Waals surface area contributed by atoms with Gasteiger partial charge in [-0.3, -0.25) is 14.7 Å². The third-order valence-electron chi connectivity index (χ3n) is 3.93. The van der Waals surface area contributed by atoms with E-state index in [0.717, 1.165) is 25.8 Å². The number of carbonyl (C=O) groups excluding carboxylic acids is 2. The standard InChI is InChI=1S/C15H18N4O3/c20-14(11-4-7-22-10-11)16-5-3-13-2-1-6-19(13)15(21)12-8-17-18-9-12/h4,7-10,13H,1-3,5-6H2,(H,16,20)(H,17,18)/t13-/m1/s1. The van der Waals surface area contributed by atoms with Crippen molar-refractivity contribution < 1.29 is 14.0 Å². The first-order chi connectivity index (χ1) is 10.8. The van der Waals surface area contributed by atoms with Crippen LogP contribution in [0.1, 0.15) is 40.0 Å². The first kappa shape index (κ1) is 14.4. The third-order valence-corrected chi connectivity index (χ3v) is 3.93. The van der Waals surface area contributed by atoms with E-state index in [1.54, 1.807) is 18.5 Å². The molecule has 2 aromatic rings. The van der Waals surface area contributed by atoms with Crippen LogP contribution in [0.15, 0.2) is 35.4 Å². The highest BCUT2D eigenvalue weighted by Crippen LogP contribution is 2.22. The van der Waals surface area contributed by atoms with Crippen LogP contribution < -0.4 is 5.32 Å². The van der Waals surface area contributed by atoms with Gasteiger partial charge < -0.3 is 14.6 Å². The fraction of sp³-hybridized carbons (Fsp3) is 0.400. The number of carbonyl (C=O) groups is 2. The average molecular weight is 302 g/mol. The molecule has 2 N–H and O–H groups in total. The molecule has 3 rings (SSSR count). The largest absolute Gasteiger partial charge is 0.472 e. The third kappa shape index (κ3) is 3.03. The van der Waals surface area contributed by atoms with Crippen LogP contribution in [0.2, 0.25) is 0 Å². The minimum Gasteiger partial charge on any atom is -0.472 e. The molecule has 2 aromatic heterocycles. The number of hydrogen-bond acceptors (Lipinski definition) is 4. The lowest BCUT2D eigenvalue weighted by Crippen LogP contribution is -2.38. The van der Waals surface area contributed by atoms with E-state index in [9.17, 15) is 9.59 Å². The van der Waals surface area contributed by atoms with Crippen LogP contribution in [0.3, 0.4) is 0 Å². The second-order valence-corrected chi connectivity index (χ2v) is 5.34. The van der Waals surface area contributed by atoms with Crippen molar-refractivity contribution in [2.45, 2.75) is 25.3 Å². The van der Waals surface area contributed by atoms with E-state index in [1.165, 1.54) is 12.5 Å². The Morgan fingerprint density at radius 2 is 2.36 bits per heavy atom. The summed E-state index contributed by atoms with van der Waals surface area (Å²) in [6, 6.07) is 1.78. The normalized spacial score (nSPS) is 17.6. The number of nitrogens with one attached hydrogen (secondary N) is 2. The molecule has 0 saturated carbocycles. The molecular formula is C15H18N4O3. The highest BCUT2D eigenvalue weighted by atomic mass is 16.3. The number of hydrogen-bond donors (Lipinski definition) is 2. The van der Waals surface area contributed by atoms with Gasteiger partial charge in [-0.2, -0.15) is 5.10 Å². The number of furan rings is 1. The molecule has 0 bridgehead atoms. The molecule has 2 amide bonds. The summed E-state index contributed by atoms with van der Waals surface area (Å²) in [6.45, 7) is 1.29. The van der Waals surface area contributed by atoms with Crippen LogP contribution in [0.5, 0.6) is 0 Å². The quantitative estimate of drug-likeness (QED) is 0.874. The molecule has 0 aromatic carbocycles. The fourth-order valence-electron chi connectivity index (χ4n) is 2.78. The van der Waals surface area contributed by atoms with Crippen LogP contribution in [0.25, 0.3) is 0 Å². The first-order valence-corrected chi connectivity index (χ1v) is 7.36. The molecule has 1 saturated heterocycles. The number of amides is 2. The van der Waals surface area contributed by atoms with Gasteiger partial charge in [-0.05, 0) is 25.3 Å². The molecule has 1 aliphatic heterocycles.